The zero-order valence-electron chi connectivity index (χ0n) is 7.33. The minimum Gasteiger partial charge on any atom is -0.309 e. The van der Waals surface area contributed by atoms with Crippen LogP contribution in [0.5, 0.6) is 0 Å². The van der Waals surface area contributed by atoms with Crippen molar-refractivity contribution < 1.29 is 0 Å². The molecule has 3 heteroatoms. The van der Waals surface area contributed by atoms with E-state index in [0.717, 1.165) is 11.3 Å². The van der Waals surface area contributed by atoms with Crippen LogP contribution in [0.15, 0.2) is 24.3 Å². The van der Waals surface area contributed by atoms with E-state index in [-0.39, 0.29) is 0 Å². The van der Waals surface area contributed by atoms with Gasteiger partial charge in [0.15, 0.2) is 0 Å². The third-order valence-electron chi connectivity index (χ3n) is 2.22. The Labute approximate surface area is 72.1 Å². The summed E-state index contributed by atoms with van der Waals surface area (Å²) in [6, 6.07) is 8.12. The first kappa shape index (κ1) is 7.58. The summed E-state index contributed by atoms with van der Waals surface area (Å²) in [5.41, 5.74) is 11.1. The SMILES string of the molecule is CN1NC(C)(N)c2ccccc21. The number of hydrogen-bond donors (Lipinski definition) is 2. The molecule has 0 spiro atoms. The molecular formula is C9H13N3. The maximum absolute atomic E-state index is 6.03. The van der Waals surface area contributed by atoms with E-state index >= 15 is 0 Å². The van der Waals surface area contributed by atoms with Crippen molar-refractivity contribution in [1.29, 1.82) is 0 Å². The number of rotatable bonds is 0. The van der Waals surface area contributed by atoms with Gasteiger partial charge < -0.3 is 10.7 Å². The molecule has 64 valence electrons. The Bertz CT molecular complexity index is 306. The molecule has 0 saturated carbocycles. The minimum atomic E-state index is -0.425. The van der Waals surface area contributed by atoms with Crippen LogP contribution in [0.25, 0.3) is 0 Å². The molecule has 1 aliphatic rings. The van der Waals surface area contributed by atoms with Crippen LogP contribution in [-0.4, -0.2) is 7.05 Å². The van der Waals surface area contributed by atoms with Gasteiger partial charge in [-0.25, -0.2) is 5.43 Å². The van der Waals surface area contributed by atoms with Gasteiger partial charge >= 0.3 is 0 Å². The highest BCUT2D eigenvalue weighted by atomic mass is 15.6. The molecular weight excluding hydrogens is 150 g/mol. The Balaban J connectivity index is 2.58. The molecule has 0 aliphatic carbocycles. The van der Waals surface area contributed by atoms with Crippen LogP contribution in [0.1, 0.15) is 12.5 Å². The molecule has 1 atom stereocenters. The van der Waals surface area contributed by atoms with Crippen LogP contribution < -0.4 is 16.2 Å². The molecule has 0 saturated heterocycles. The average molecular weight is 163 g/mol. The second-order valence-corrected chi connectivity index (χ2v) is 3.39. The molecule has 1 aromatic carbocycles. The van der Waals surface area contributed by atoms with Crippen molar-refractivity contribution in [2.45, 2.75) is 12.6 Å². The first-order valence-electron chi connectivity index (χ1n) is 4.01. The summed E-state index contributed by atoms with van der Waals surface area (Å²) in [4.78, 5) is 0. The van der Waals surface area contributed by atoms with E-state index in [1.54, 1.807) is 0 Å². The molecule has 1 heterocycles. The van der Waals surface area contributed by atoms with Crippen LogP contribution in [-0.2, 0) is 5.66 Å². The largest absolute Gasteiger partial charge is 0.309 e. The first-order valence-corrected chi connectivity index (χ1v) is 4.01. The summed E-state index contributed by atoms with van der Waals surface area (Å²) >= 11 is 0. The van der Waals surface area contributed by atoms with Crippen molar-refractivity contribution in [2.24, 2.45) is 5.73 Å². The molecule has 1 aromatic rings. The fourth-order valence-electron chi connectivity index (χ4n) is 1.67. The standard InChI is InChI=1S/C9H13N3/c1-9(10)7-5-3-4-6-8(7)12(2)11-9/h3-6,11H,10H2,1-2H3. The van der Waals surface area contributed by atoms with Gasteiger partial charge in [0.2, 0.25) is 0 Å². The van der Waals surface area contributed by atoms with Gasteiger partial charge in [-0.1, -0.05) is 18.2 Å². The molecule has 3 nitrogen and oxygen atoms in total. The summed E-state index contributed by atoms with van der Waals surface area (Å²) in [5, 5.41) is 1.95. The Morgan fingerprint density at radius 1 is 1.42 bits per heavy atom. The second-order valence-electron chi connectivity index (χ2n) is 3.39. The number of nitrogens with one attached hydrogen (secondary N) is 1. The van der Waals surface area contributed by atoms with Crippen molar-refractivity contribution in [3.05, 3.63) is 29.8 Å². The Hall–Kier alpha value is -1.06. The normalized spacial score (nSPS) is 27.4. The molecule has 0 fully saturated rings. The van der Waals surface area contributed by atoms with Crippen molar-refractivity contribution >= 4 is 5.69 Å². The highest BCUT2D eigenvalue weighted by Gasteiger charge is 2.32. The molecule has 1 unspecified atom stereocenters. The molecule has 2 rings (SSSR count). The zero-order valence-corrected chi connectivity index (χ0v) is 7.33. The van der Waals surface area contributed by atoms with Gasteiger partial charge in [0.05, 0.1) is 5.69 Å². The Morgan fingerprint density at radius 3 is 2.75 bits per heavy atom. The molecule has 0 aromatic heterocycles. The van der Waals surface area contributed by atoms with E-state index < -0.39 is 5.66 Å². The summed E-state index contributed by atoms with van der Waals surface area (Å²) < 4.78 is 0. The average Bonchev–Trinajstić information content (AvgIpc) is 2.25. The molecule has 12 heavy (non-hydrogen) atoms. The summed E-state index contributed by atoms with van der Waals surface area (Å²) in [6.45, 7) is 1.97. The third kappa shape index (κ3) is 0.906. The van der Waals surface area contributed by atoms with Crippen LogP contribution in [0.3, 0.4) is 0 Å². The number of benzene rings is 1. The van der Waals surface area contributed by atoms with Crippen LogP contribution in [0.2, 0.25) is 0 Å². The number of para-hydroxylation sites is 1. The number of anilines is 1. The van der Waals surface area contributed by atoms with E-state index in [9.17, 15) is 0 Å². The number of fused-ring (bicyclic) bond motifs is 1. The third-order valence-corrected chi connectivity index (χ3v) is 2.22. The molecule has 0 radical (unpaired) electrons. The number of nitrogens with two attached hydrogens (primary N) is 1. The Morgan fingerprint density at radius 2 is 2.08 bits per heavy atom. The van der Waals surface area contributed by atoms with Gasteiger partial charge in [-0.15, -0.1) is 0 Å². The quantitative estimate of drug-likeness (QED) is 0.593. The second kappa shape index (κ2) is 2.21. The lowest BCUT2D eigenvalue weighted by Crippen LogP contribution is -2.48. The fourth-order valence-corrected chi connectivity index (χ4v) is 1.67. The van der Waals surface area contributed by atoms with E-state index in [4.69, 9.17) is 5.73 Å². The maximum atomic E-state index is 6.03. The summed E-state index contributed by atoms with van der Waals surface area (Å²) in [7, 11) is 1.97. The zero-order chi connectivity index (χ0) is 8.77. The molecule has 0 bridgehead atoms. The Kier molecular flexibility index (Phi) is 1.40. The van der Waals surface area contributed by atoms with E-state index in [1.807, 2.05) is 37.2 Å². The van der Waals surface area contributed by atoms with Crippen molar-refractivity contribution in [1.82, 2.24) is 5.43 Å². The van der Waals surface area contributed by atoms with Crippen LogP contribution in [0, 0.1) is 0 Å². The first-order chi connectivity index (χ1) is 5.61. The lowest BCUT2D eigenvalue weighted by molar-refractivity contribution is 0.411. The topological polar surface area (TPSA) is 41.3 Å². The highest BCUT2D eigenvalue weighted by molar-refractivity contribution is 5.58. The maximum Gasteiger partial charge on any atom is 0.109 e. The van der Waals surface area contributed by atoms with Crippen molar-refractivity contribution in [2.75, 3.05) is 12.1 Å². The fraction of sp³-hybridized carbons (Fsp3) is 0.333. The number of hydrogen-bond acceptors (Lipinski definition) is 3. The number of hydrazine groups is 1. The summed E-state index contributed by atoms with van der Waals surface area (Å²) in [6.07, 6.45) is 0. The van der Waals surface area contributed by atoms with Crippen molar-refractivity contribution in [3.63, 3.8) is 0 Å². The highest BCUT2D eigenvalue weighted by Crippen LogP contribution is 2.31. The lowest BCUT2D eigenvalue weighted by atomic mass is 10.0. The van der Waals surface area contributed by atoms with Gasteiger partial charge in [0.1, 0.15) is 5.66 Å². The molecule has 3 N–H and O–H groups in total. The van der Waals surface area contributed by atoms with Crippen molar-refractivity contribution in [3.8, 4) is 0 Å². The summed E-state index contributed by atoms with van der Waals surface area (Å²) in [5.74, 6) is 0. The molecule has 1 aliphatic heterocycles. The van der Waals surface area contributed by atoms with Crippen LogP contribution >= 0.6 is 0 Å². The predicted molar refractivity (Wildman–Crippen MR) is 49.5 cm³/mol. The minimum absolute atomic E-state index is 0.425. The smallest absolute Gasteiger partial charge is 0.109 e. The van der Waals surface area contributed by atoms with Crippen LogP contribution in [0.4, 0.5) is 5.69 Å². The predicted octanol–water partition coefficient (Wildman–Crippen LogP) is 0.772. The number of nitrogens with zero attached hydrogens (tertiary/aromatic N) is 1. The van der Waals surface area contributed by atoms with E-state index in [0.29, 0.717) is 0 Å². The monoisotopic (exact) mass is 163 g/mol. The van der Waals surface area contributed by atoms with Gasteiger partial charge in [-0.2, -0.15) is 0 Å². The van der Waals surface area contributed by atoms with E-state index in [1.165, 1.54) is 0 Å². The molecule has 0 amide bonds. The van der Waals surface area contributed by atoms with Gasteiger partial charge in [-0.05, 0) is 13.0 Å². The van der Waals surface area contributed by atoms with E-state index in [2.05, 4.69) is 11.5 Å². The van der Waals surface area contributed by atoms with Gasteiger partial charge in [-0.3, -0.25) is 0 Å². The van der Waals surface area contributed by atoms with Gasteiger partial charge in [0.25, 0.3) is 0 Å². The van der Waals surface area contributed by atoms with Gasteiger partial charge in [0, 0.05) is 12.6 Å². The lowest BCUT2D eigenvalue weighted by Gasteiger charge is -2.20.